The van der Waals surface area contributed by atoms with Crippen molar-refractivity contribution in [1.29, 1.82) is 0 Å². The molecule has 0 spiro atoms. The number of hydrogen-bond donors (Lipinski definition) is 0. The Hall–Kier alpha value is -2.91. The molecule has 1 fully saturated rings. The Balaban J connectivity index is 1.52. The van der Waals surface area contributed by atoms with E-state index < -0.39 is 14.1 Å². The minimum atomic E-state index is -1.22. The van der Waals surface area contributed by atoms with Crippen LogP contribution in [0.15, 0.2) is 41.5 Å². The summed E-state index contributed by atoms with van der Waals surface area (Å²) in [5, 5.41) is 6.07. The smallest absolute Gasteiger partial charge is 0.267 e. The Morgan fingerprint density at radius 1 is 1.08 bits per heavy atom. The molecule has 2 aromatic carbocycles. The van der Waals surface area contributed by atoms with E-state index in [1.807, 2.05) is 30.0 Å². The van der Waals surface area contributed by atoms with Crippen LogP contribution in [-0.4, -0.2) is 63.4 Å². The highest BCUT2D eigenvalue weighted by molar-refractivity contribution is 6.76. The van der Waals surface area contributed by atoms with Gasteiger partial charge in [-0.15, -0.1) is 0 Å². The number of amides is 1. The van der Waals surface area contributed by atoms with Gasteiger partial charge in [0.2, 0.25) is 0 Å². The van der Waals surface area contributed by atoms with Gasteiger partial charge in [0.25, 0.3) is 5.91 Å². The summed E-state index contributed by atoms with van der Waals surface area (Å²) in [6.07, 6.45) is 2.24. The summed E-state index contributed by atoms with van der Waals surface area (Å²) in [6.45, 7) is 15.2. The second-order valence-electron chi connectivity index (χ2n) is 12.4. The fourth-order valence-corrected chi connectivity index (χ4v) is 6.37. The van der Waals surface area contributed by atoms with Crippen molar-refractivity contribution >= 4 is 31.2 Å². The molecular weight excluding hydrogens is 511 g/mol. The summed E-state index contributed by atoms with van der Waals surface area (Å²) in [6, 6.07) is 11.8. The molecule has 0 aromatic heterocycles. The molecule has 3 aliphatic rings. The molecule has 1 saturated heterocycles. The first-order valence-electron chi connectivity index (χ1n) is 14.1. The molecule has 1 amide bonds. The predicted octanol–water partition coefficient (Wildman–Crippen LogP) is 6.17. The highest BCUT2D eigenvalue weighted by Gasteiger charge is 2.40. The van der Waals surface area contributed by atoms with E-state index in [2.05, 4.69) is 49.6 Å². The number of fused-ring (bicyclic) bond motifs is 3. The second kappa shape index (κ2) is 10.9. The third kappa shape index (κ3) is 5.70. The normalized spacial score (nSPS) is 23.3. The van der Waals surface area contributed by atoms with Gasteiger partial charge in [-0.25, -0.2) is 9.40 Å². The van der Waals surface area contributed by atoms with Gasteiger partial charge in [0.15, 0.2) is 5.84 Å². The van der Waals surface area contributed by atoms with Gasteiger partial charge in [0.1, 0.15) is 30.9 Å². The lowest BCUT2D eigenvalue weighted by Gasteiger charge is -2.43. The molecule has 2 aromatic rings. The van der Waals surface area contributed by atoms with Crippen LogP contribution in [0.5, 0.6) is 5.75 Å². The first kappa shape index (κ1) is 27.6. The van der Waals surface area contributed by atoms with Crippen LogP contribution in [0.4, 0.5) is 15.8 Å². The maximum atomic E-state index is 15.1. The SMILES string of the molecule is CC1C(=O)N(COCC[Si](C)(C)C)N=C2COc3cc(-c4ccccc4F)c(N4C[C@H](C)CC[C@H]4C)cc3N21. The molecule has 39 heavy (non-hydrogen) atoms. The van der Waals surface area contributed by atoms with Crippen molar-refractivity contribution in [1.82, 2.24) is 5.01 Å². The van der Waals surface area contributed by atoms with Gasteiger partial charge in [0, 0.05) is 44.1 Å². The van der Waals surface area contributed by atoms with Crippen LogP contribution in [0.2, 0.25) is 25.7 Å². The largest absolute Gasteiger partial charge is 0.483 e. The fraction of sp³-hybridized carbons (Fsp3) is 0.533. The quantitative estimate of drug-likeness (QED) is 0.304. The third-order valence-electron chi connectivity index (χ3n) is 8.01. The lowest BCUT2D eigenvalue weighted by Crippen LogP contribution is -2.57. The number of hydrazone groups is 1. The average Bonchev–Trinajstić information content (AvgIpc) is 2.89. The van der Waals surface area contributed by atoms with Crippen LogP contribution in [0, 0.1) is 11.7 Å². The predicted molar refractivity (Wildman–Crippen MR) is 158 cm³/mol. The number of anilines is 2. The molecule has 9 heteroatoms. The van der Waals surface area contributed by atoms with Gasteiger partial charge in [-0.05, 0) is 56.9 Å². The first-order chi connectivity index (χ1) is 18.5. The first-order valence-corrected chi connectivity index (χ1v) is 17.8. The van der Waals surface area contributed by atoms with Crippen molar-refractivity contribution in [3.63, 3.8) is 0 Å². The fourth-order valence-electron chi connectivity index (χ4n) is 5.62. The van der Waals surface area contributed by atoms with Crippen molar-refractivity contribution in [2.24, 2.45) is 11.0 Å². The molecular formula is C30H41FN4O3Si. The van der Waals surface area contributed by atoms with E-state index in [-0.39, 0.29) is 25.1 Å². The van der Waals surface area contributed by atoms with Gasteiger partial charge >= 0.3 is 0 Å². The summed E-state index contributed by atoms with van der Waals surface area (Å²) in [4.78, 5) is 17.8. The lowest BCUT2D eigenvalue weighted by atomic mass is 9.92. The van der Waals surface area contributed by atoms with Gasteiger partial charge < -0.3 is 19.3 Å². The van der Waals surface area contributed by atoms with Crippen molar-refractivity contribution in [2.75, 3.05) is 36.3 Å². The number of nitrogens with zero attached hydrogens (tertiary/aromatic N) is 4. The van der Waals surface area contributed by atoms with E-state index in [1.54, 1.807) is 6.07 Å². The zero-order chi connectivity index (χ0) is 27.9. The monoisotopic (exact) mass is 552 g/mol. The standard InChI is InChI=1S/C30H41FN4O3Si/c1-20-11-12-21(2)33(17-20)26-16-27-28(15-24(26)23-9-7-8-10-25(23)31)38-18-29-32-34(30(36)22(3)35(27)29)19-37-13-14-39(4,5)6/h7-10,15-16,20-22H,11-14,17-19H2,1-6H3/t20-,21-,22?/m1/s1. The van der Waals surface area contributed by atoms with E-state index in [4.69, 9.17) is 9.47 Å². The number of rotatable bonds is 7. The van der Waals surface area contributed by atoms with Crippen molar-refractivity contribution in [3.8, 4) is 16.9 Å². The molecule has 0 saturated carbocycles. The third-order valence-corrected chi connectivity index (χ3v) is 9.71. The molecule has 3 heterocycles. The zero-order valence-electron chi connectivity index (χ0n) is 24.0. The summed E-state index contributed by atoms with van der Waals surface area (Å²) in [5.41, 5.74) is 3.11. The number of halogens is 1. The molecule has 210 valence electrons. The Morgan fingerprint density at radius 2 is 1.85 bits per heavy atom. The molecule has 0 aliphatic carbocycles. The summed E-state index contributed by atoms with van der Waals surface area (Å²) in [5.74, 6) is 1.46. The topological polar surface area (TPSA) is 57.6 Å². The van der Waals surface area contributed by atoms with Crippen molar-refractivity contribution in [2.45, 2.75) is 71.4 Å². The maximum Gasteiger partial charge on any atom is 0.267 e. The molecule has 3 atom stereocenters. The van der Waals surface area contributed by atoms with Crippen molar-refractivity contribution in [3.05, 3.63) is 42.2 Å². The van der Waals surface area contributed by atoms with E-state index in [0.29, 0.717) is 35.7 Å². The zero-order valence-corrected chi connectivity index (χ0v) is 25.0. The minimum Gasteiger partial charge on any atom is -0.483 e. The van der Waals surface area contributed by atoms with E-state index >= 15 is 4.39 Å². The summed E-state index contributed by atoms with van der Waals surface area (Å²) in [7, 11) is -1.22. The van der Waals surface area contributed by atoms with Crippen LogP contribution in [0.1, 0.15) is 33.6 Å². The van der Waals surface area contributed by atoms with Crippen LogP contribution in [0.3, 0.4) is 0 Å². The van der Waals surface area contributed by atoms with E-state index in [0.717, 1.165) is 35.9 Å². The van der Waals surface area contributed by atoms with Gasteiger partial charge in [0.05, 0.1) is 5.69 Å². The molecule has 0 N–H and O–H groups in total. The number of benzene rings is 2. The van der Waals surface area contributed by atoms with Crippen LogP contribution in [-0.2, 0) is 9.53 Å². The Bertz CT molecular complexity index is 1260. The minimum absolute atomic E-state index is 0.112. The van der Waals surface area contributed by atoms with Crippen LogP contribution in [0.25, 0.3) is 11.1 Å². The number of carbonyl (C=O) groups is 1. The van der Waals surface area contributed by atoms with Crippen molar-refractivity contribution < 1.29 is 18.7 Å². The van der Waals surface area contributed by atoms with E-state index in [9.17, 15) is 4.79 Å². The van der Waals surface area contributed by atoms with Gasteiger partial charge in [-0.2, -0.15) is 5.10 Å². The molecule has 5 rings (SSSR count). The highest BCUT2D eigenvalue weighted by atomic mass is 28.3. The number of carbonyl (C=O) groups excluding carboxylic acids is 1. The molecule has 3 aliphatic heterocycles. The van der Waals surface area contributed by atoms with E-state index in [1.165, 1.54) is 17.5 Å². The highest BCUT2D eigenvalue weighted by Crippen LogP contribution is 2.46. The molecule has 0 radical (unpaired) electrons. The Kier molecular flexibility index (Phi) is 7.74. The Morgan fingerprint density at radius 3 is 2.59 bits per heavy atom. The number of hydrogen-bond acceptors (Lipinski definition) is 6. The van der Waals surface area contributed by atoms with Crippen LogP contribution < -0.4 is 14.5 Å². The van der Waals surface area contributed by atoms with Gasteiger partial charge in [-0.3, -0.25) is 4.79 Å². The number of piperidine rings is 1. The maximum absolute atomic E-state index is 15.1. The Labute approximate surface area is 232 Å². The lowest BCUT2D eigenvalue weighted by molar-refractivity contribution is -0.138. The average molecular weight is 553 g/mol. The summed E-state index contributed by atoms with van der Waals surface area (Å²) >= 11 is 0. The number of amidine groups is 1. The molecule has 0 bridgehead atoms. The summed E-state index contributed by atoms with van der Waals surface area (Å²) < 4.78 is 27.1. The molecule has 7 nitrogen and oxygen atoms in total. The van der Waals surface area contributed by atoms with Gasteiger partial charge in [-0.1, -0.05) is 44.8 Å². The number of ether oxygens (including phenoxy) is 2. The molecule has 1 unspecified atom stereocenters. The van der Waals surface area contributed by atoms with Crippen LogP contribution >= 0.6 is 0 Å². The second-order valence-corrected chi connectivity index (χ2v) is 18.1.